The van der Waals surface area contributed by atoms with E-state index in [1.807, 2.05) is 0 Å². The number of anilines is 1. The lowest BCUT2D eigenvalue weighted by Gasteiger charge is -2.18. The number of benzene rings is 1. The fourth-order valence-corrected chi connectivity index (χ4v) is 2.25. The highest BCUT2D eigenvalue weighted by Gasteiger charge is 2.30. The molecule has 0 radical (unpaired) electrons. The molecule has 1 aromatic rings. The standard InChI is InChI=1S/C11H12Cl2N2O/c12-8-1-2-9(13)10(4-8)15-6-7(5-14)3-11(15)16/h1-2,4,7H,3,5-6,14H2. The van der Waals surface area contributed by atoms with Gasteiger partial charge in [0.05, 0.1) is 10.7 Å². The highest BCUT2D eigenvalue weighted by molar-refractivity contribution is 6.35. The highest BCUT2D eigenvalue weighted by Crippen LogP contribution is 2.33. The van der Waals surface area contributed by atoms with Crippen molar-refractivity contribution < 1.29 is 4.79 Å². The molecule has 1 atom stereocenters. The summed E-state index contributed by atoms with van der Waals surface area (Å²) in [5, 5.41) is 1.11. The number of hydrogen-bond donors (Lipinski definition) is 1. The fourth-order valence-electron chi connectivity index (χ4n) is 1.86. The summed E-state index contributed by atoms with van der Waals surface area (Å²) >= 11 is 11.9. The van der Waals surface area contributed by atoms with Crippen LogP contribution in [0.5, 0.6) is 0 Å². The van der Waals surface area contributed by atoms with Crippen LogP contribution >= 0.6 is 23.2 Å². The van der Waals surface area contributed by atoms with E-state index in [1.165, 1.54) is 0 Å². The van der Waals surface area contributed by atoms with Crippen molar-refractivity contribution in [3.63, 3.8) is 0 Å². The molecule has 86 valence electrons. The van der Waals surface area contributed by atoms with Crippen molar-refractivity contribution in [2.75, 3.05) is 18.0 Å². The second-order valence-electron chi connectivity index (χ2n) is 3.91. The number of carbonyl (C=O) groups excluding carboxylic acids is 1. The summed E-state index contributed by atoms with van der Waals surface area (Å²) in [6.07, 6.45) is 0.485. The van der Waals surface area contributed by atoms with E-state index in [-0.39, 0.29) is 11.8 Å². The average Bonchev–Trinajstić information content (AvgIpc) is 2.63. The normalized spacial score (nSPS) is 20.6. The molecular weight excluding hydrogens is 247 g/mol. The van der Waals surface area contributed by atoms with Gasteiger partial charge in [-0.05, 0) is 30.7 Å². The summed E-state index contributed by atoms with van der Waals surface area (Å²) in [5.74, 6) is 0.266. The van der Waals surface area contributed by atoms with E-state index in [2.05, 4.69) is 0 Å². The van der Waals surface area contributed by atoms with Crippen molar-refractivity contribution in [2.24, 2.45) is 11.7 Å². The lowest BCUT2D eigenvalue weighted by Crippen LogP contribution is -2.25. The molecule has 1 aliphatic heterocycles. The minimum atomic E-state index is 0.0552. The van der Waals surface area contributed by atoms with Crippen LogP contribution in [0.1, 0.15) is 6.42 Å². The molecule has 1 saturated heterocycles. The minimum absolute atomic E-state index is 0.0552. The zero-order chi connectivity index (χ0) is 11.7. The van der Waals surface area contributed by atoms with Crippen LogP contribution in [-0.4, -0.2) is 19.0 Å². The molecule has 1 amide bonds. The number of carbonyl (C=O) groups is 1. The average molecular weight is 259 g/mol. The molecule has 1 fully saturated rings. The Bertz CT molecular complexity index is 422. The smallest absolute Gasteiger partial charge is 0.227 e. The Morgan fingerprint density at radius 1 is 1.44 bits per heavy atom. The van der Waals surface area contributed by atoms with Crippen LogP contribution in [0.3, 0.4) is 0 Å². The highest BCUT2D eigenvalue weighted by atomic mass is 35.5. The third kappa shape index (κ3) is 2.17. The quantitative estimate of drug-likeness (QED) is 0.885. The summed E-state index contributed by atoms with van der Waals surface area (Å²) in [6.45, 7) is 1.13. The summed E-state index contributed by atoms with van der Waals surface area (Å²) < 4.78 is 0. The molecule has 1 unspecified atom stereocenters. The molecule has 0 aliphatic carbocycles. The molecular formula is C11H12Cl2N2O. The zero-order valence-electron chi connectivity index (χ0n) is 8.62. The lowest BCUT2D eigenvalue weighted by molar-refractivity contribution is -0.117. The number of nitrogens with two attached hydrogens (primary N) is 1. The third-order valence-electron chi connectivity index (χ3n) is 2.74. The van der Waals surface area contributed by atoms with Crippen LogP contribution in [0.4, 0.5) is 5.69 Å². The van der Waals surface area contributed by atoms with E-state index < -0.39 is 0 Å². The Balaban J connectivity index is 2.30. The number of amides is 1. The van der Waals surface area contributed by atoms with Crippen LogP contribution in [0.25, 0.3) is 0 Å². The topological polar surface area (TPSA) is 46.3 Å². The van der Waals surface area contributed by atoms with Crippen LogP contribution < -0.4 is 10.6 Å². The van der Waals surface area contributed by atoms with Crippen molar-refractivity contribution in [1.29, 1.82) is 0 Å². The van der Waals surface area contributed by atoms with Crippen LogP contribution in [0.15, 0.2) is 18.2 Å². The van der Waals surface area contributed by atoms with Gasteiger partial charge in [0, 0.05) is 18.0 Å². The fraction of sp³-hybridized carbons (Fsp3) is 0.364. The van der Waals surface area contributed by atoms with Gasteiger partial charge in [-0.1, -0.05) is 23.2 Å². The molecule has 1 aromatic carbocycles. The van der Waals surface area contributed by atoms with E-state index >= 15 is 0 Å². The first-order valence-corrected chi connectivity index (χ1v) is 5.83. The van der Waals surface area contributed by atoms with E-state index in [0.717, 1.165) is 0 Å². The molecule has 0 spiro atoms. The number of nitrogens with zero attached hydrogens (tertiary/aromatic N) is 1. The minimum Gasteiger partial charge on any atom is -0.330 e. The molecule has 1 heterocycles. The van der Waals surface area contributed by atoms with Gasteiger partial charge in [0.1, 0.15) is 0 Å². The second kappa shape index (κ2) is 4.62. The van der Waals surface area contributed by atoms with Gasteiger partial charge in [0.25, 0.3) is 0 Å². The Morgan fingerprint density at radius 3 is 2.81 bits per heavy atom. The maximum atomic E-state index is 11.8. The van der Waals surface area contributed by atoms with Gasteiger partial charge >= 0.3 is 0 Å². The third-order valence-corrected chi connectivity index (χ3v) is 3.29. The van der Waals surface area contributed by atoms with E-state index in [1.54, 1.807) is 23.1 Å². The van der Waals surface area contributed by atoms with Gasteiger partial charge in [-0.15, -0.1) is 0 Å². The largest absolute Gasteiger partial charge is 0.330 e. The van der Waals surface area contributed by atoms with Crippen molar-refractivity contribution in [3.05, 3.63) is 28.2 Å². The second-order valence-corrected chi connectivity index (χ2v) is 4.75. The first-order valence-electron chi connectivity index (χ1n) is 5.07. The van der Waals surface area contributed by atoms with Crippen LogP contribution in [0, 0.1) is 5.92 Å². The predicted octanol–water partition coefficient (Wildman–Crippen LogP) is 2.30. The molecule has 2 rings (SSSR count). The maximum Gasteiger partial charge on any atom is 0.227 e. The predicted molar refractivity (Wildman–Crippen MR) is 66.0 cm³/mol. The Hall–Kier alpha value is -0.770. The van der Waals surface area contributed by atoms with E-state index in [4.69, 9.17) is 28.9 Å². The van der Waals surface area contributed by atoms with Crippen molar-refractivity contribution in [2.45, 2.75) is 6.42 Å². The Labute approximate surface area is 104 Å². The van der Waals surface area contributed by atoms with Gasteiger partial charge in [0.15, 0.2) is 0 Å². The molecule has 5 heteroatoms. The van der Waals surface area contributed by atoms with Crippen LogP contribution in [-0.2, 0) is 4.79 Å². The van der Waals surface area contributed by atoms with Crippen LogP contribution in [0.2, 0.25) is 10.0 Å². The molecule has 16 heavy (non-hydrogen) atoms. The molecule has 2 N–H and O–H groups in total. The molecule has 0 aromatic heterocycles. The SMILES string of the molecule is NCC1CC(=O)N(c2cc(Cl)ccc2Cl)C1. The molecule has 0 saturated carbocycles. The van der Waals surface area contributed by atoms with Gasteiger partial charge in [-0.3, -0.25) is 4.79 Å². The summed E-state index contributed by atoms with van der Waals surface area (Å²) in [6, 6.07) is 5.11. The number of hydrogen-bond acceptors (Lipinski definition) is 2. The van der Waals surface area contributed by atoms with E-state index in [9.17, 15) is 4.79 Å². The van der Waals surface area contributed by atoms with Gasteiger partial charge in [0.2, 0.25) is 5.91 Å². The molecule has 0 bridgehead atoms. The zero-order valence-corrected chi connectivity index (χ0v) is 10.1. The lowest BCUT2D eigenvalue weighted by atomic mass is 10.1. The Kier molecular flexibility index (Phi) is 3.38. The van der Waals surface area contributed by atoms with Gasteiger partial charge < -0.3 is 10.6 Å². The first kappa shape index (κ1) is 11.7. The van der Waals surface area contributed by atoms with Gasteiger partial charge in [-0.2, -0.15) is 0 Å². The van der Waals surface area contributed by atoms with Crippen molar-refractivity contribution >= 4 is 34.8 Å². The number of halogens is 2. The molecule has 1 aliphatic rings. The van der Waals surface area contributed by atoms with Gasteiger partial charge in [-0.25, -0.2) is 0 Å². The van der Waals surface area contributed by atoms with E-state index in [0.29, 0.717) is 35.2 Å². The van der Waals surface area contributed by atoms with Crippen molar-refractivity contribution in [3.8, 4) is 0 Å². The number of rotatable bonds is 2. The maximum absolute atomic E-state index is 11.8. The summed E-state index contributed by atoms with van der Waals surface area (Å²) in [5.41, 5.74) is 6.24. The molecule has 3 nitrogen and oxygen atoms in total. The summed E-state index contributed by atoms with van der Waals surface area (Å²) in [4.78, 5) is 13.4. The monoisotopic (exact) mass is 258 g/mol. The van der Waals surface area contributed by atoms with Crippen molar-refractivity contribution in [1.82, 2.24) is 0 Å². The summed E-state index contributed by atoms with van der Waals surface area (Å²) in [7, 11) is 0. The first-order chi connectivity index (χ1) is 7.61. The Morgan fingerprint density at radius 2 is 2.19 bits per heavy atom.